The van der Waals surface area contributed by atoms with Gasteiger partial charge in [0, 0.05) is 0 Å². The molecule has 0 bridgehead atoms. The fourth-order valence-electron chi connectivity index (χ4n) is 2.07. The predicted molar refractivity (Wildman–Crippen MR) is 77.0 cm³/mol. The highest BCUT2D eigenvalue weighted by molar-refractivity contribution is 8.00. The van der Waals surface area contributed by atoms with E-state index in [9.17, 15) is 22.8 Å². The quantitative estimate of drug-likeness (QED) is 0.921. The average molecular weight is 332 g/mol. The molecule has 1 aliphatic rings. The standard InChI is InChI=1S/C14H15F3N2O2S/c1-9(10-3-2-4-11(5-10)14(15,16)17)18-12(20)6-19-8-22-7-13(19)21/h2-5,9H,6-8H2,1H3,(H,18,20)/t9-/m1/s1. The number of nitrogens with one attached hydrogen (secondary N) is 1. The lowest BCUT2D eigenvalue weighted by molar-refractivity contribution is -0.137. The third-order valence-corrected chi connectivity index (χ3v) is 4.20. The summed E-state index contributed by atoms with van der Waals surface area (Å²) < 4.78 is 38.0. The number of carbonyl (C=O) groups is 2. The third kappa shape index (κ3) is 4.16. The maximum atomic E-state index is 12.7. The minimum Gasteiger partial charge on any atom is -0.348 e. The highest BCUT2D eigenvalue weighted by Gasteiger charge is 2.31. The Morgan fingerprint density at radius 3 is 2.77 bits per heavy atom. The van der Waals surface area contributed by atoms with Crippen molar-refractivity contribution in [3.05, 3.63) is 35.4 Å². The van der Waals surface area contributed by atoms with E-state index in [0.29, 0.717) is 17.2 Å². The SMILES string of the molecule is C[C@@H](NC(=O)CN1CSCC1=O)c1cccc(C(F)(F)F)c1. The molecule has 8 heteroatoms. The Kier molecular flexibility index (Phi) is 5.00. The Hall–Kier alpha value is -1.70. The van der Waals surface area contributed by atoms with Gasteiger partial charge in [0.25, 0.3) is 0 Å². The summed E-state index contributed by atoms with van der Waals surface area (Å²) in [5.74, 6) is 0.327. The van der Waals surface area contributed by atoms with E-state index < -0.39 is 17.8 Å². The Labute approximate surface area is 130 Å². The molecule has 1 saturated heterocycles. The summed E-state index contributed by atoms with van der Waals surface area (Å²) >= 11 is 1.42. The van der Waals surface area contributed by atoms with Crippen molar-refractivity contribution in [2.24, 2.45) is 0 Å². The van der Waals surface area contributed by atoms with E-state index in [-0.39, 0.29) is 18.4 Å². The second-order valence-corrected chi connectivity index (χ2v) is 5.94. The number of carbonyl (C=O) groups excluding carboxylic acids is 2. The van der Waals surface area contributed by atoms with Crippen LogP contribution in [0.2, 0.25) is 0 Å². The summed E-state index contributed by atoms with van der Waals surface area (Å²) in [5, 5.41) is 2.61. The van der Waals surface area contributed by atoms with Crippen LogP contribution in [0, 0.1) is 0 Å². The van der Waals surface area contributed by atoms with Crippen molar-refractivity contribution in [3.8, 4) is 0 Å². The van der Waals surface area contributed by atoms with E-state index in [0.717, 1.165) is 12.1 Å². The van der Waals surface area contributed by atoms with Crippen LogP contribution in [0.15, 0.2) is 24.3 Å². The van der Waals surface area contributed by atoms with Gasteiger partial charge >= 0.3 is 6.18 Å². The number of hydrogen-bond acceptors (Lipinski definition) is 3. The van der Waals surface area contributed by atoms with E-state index >= 15 is 0 Å². The summed E-state index contributed by atoms with van der Waals surface area (Å²) in [7, 11) is 0. The van der Waals surface area contributed by atoms with Gasteiger partial charge < -0.3 is 10.2 Å². The van der Waals surface area contributed by atoms with Crippen molar-refractivity contribution in [2.45, 2.75) is 19.1 Å². The summed E-state index contributed by atoms with van der Waals surface area (Å²) in [4.78, 5) is 24.7. The van der Waals surface area contributed by atoms with Crippen LogP contribution in [-0.2, 0) is 15.8 Å². The fraction of sp³-hybridized carbons (Fsp3) is 0.429. The number of amides is 2. The Morgan fingerprint density at radius 1 is 1.45 bits per heavy atom. The molecule has 0 radical (unpaired) electrons. The zero-order valence-electron chi connectivity index (χ0n) is 11.8. The lowest BCUT2D eigenvalue weighted by Crippen LogP contribution is -2.39. The van der Waals surface area contributed by atoms with Gasteiger partial charge in [-0.05, 0) is 24.6 Å². The molecule has 0 spiro atoms. The van der Waals surface area contributed by atoms with Gasteiger partial charge in [-0.3, -0.25) is 9.59 Å². The molecule has 1 aromatic rings. The van der Waals surface area contributed by atoms with Crippen LogP contribution in [-0.4, -0.2) is 34.9 Å². The Bertz CT molecular complexity index is 577. The first kappa shape index (κ1) is 16.7. The summed E-state index contributed by atoms with van der Waals surface area (Å²) in [6.07, 6.45) is -4.42. The molecule has 1 heterocycles. The second kappa shape index (κ2) is 6.60. The zero-order chi connectivity index (χ0) is 16.3. The van der Waals surface area contributed by atoms with Crippen molar-refractivity contribution in [1.82, 2.24) is 10.2 Å². The van der Waals surface area contributed by atoms with E-state index in [1.54, 1.807) is 6.92 Å². The topological polar surface area (TPSA) is 49.4 Å². The fourth-order valence-corrected chi connectivity index (χ4v) is 2.97. The molecule has 1 N–H and O–H groups in total. The van der Waals surface area contributed by atoms with Crippen LogP contribution in [0.4, 0.5) is 13.2 Å². The van der Waals surface area contributed by atoms with Crippen molar-refractivity contribution < 1.29 is 22.8 Å². The predicted octanol–water partition coefficient (Wildman–Crippen LogP) is 2.42. The van der Waals surface area contributed by atoms with Gasteiger partial charge in [-0.2, -0.15) is 13.2 Å². The van der Waals surface area contributed by atoms with Crippen molar-refractivity contribution in [3.63, 3.8) is 0 Å². The Morgan fingerprint density at radius 2 is 2.18 bits per heavy atom. The van der Waals surface area contributed by atoms with Crippen LogP contribution < -0.4 is 5.32 Å². The van der Waals surface area contributed by atoms with Gasteiger partial charge in [0.1, 0.15) is 6.54 Å². The molecule has 120 valence electrons. The summed E-state index contributed by atoms with van der Waals surface area (Å²) in [5.41, 5.74) is -0.387. The molecule has 2 amide bonds. The van der Waals surface area contributed by atoms with Crippen LogP contribution in [0.1, 0.15) is 24.1 Å². The summed E-state index contributed by atoms with van der Waals surface area (Å²) in [6.45, 7) is 1.53. The molecule has 0 unspecified atom stereocenters. The molecule has 0 aromatic heterocycles. The third-order valence-electron chi connectivity index (χ3n) is 3.25. The normalized spacial score (nSPS) is 16.7. The molecule has 1 aromatic carbocycles. The smallest absolute Gasteiger partial charge is 0.348 e. The first-order valence-electron chi connectivity index (χ1n) is 6.59. The lowest BCUT2D eigenvalue weighted by atomic mass is 10.0. The summed E-state index contributed by atoms with van der Waals surface area (Å²) in [6, 6.07) is 4.26. The molecule has 2 rings (SSSR count). The van der Waals surface area contributed by atoms with Gasteiger partial charge in [0.05, 0.1) is 23.2 Å². The van der Waals surface area contributed by atoms with E-state index in [1.165, 1.54) is 28.8 Å². The van der Waals surface area contributed by atoms with Crippen LogP contribution in [0.25, 0.3) is 0 Å². The molecule has 0 aliphatic carbocycles. The van der Waals surface area contributed by atoms with Gasteiger partial charge in [-0.1, -0.05) is 12.1 Å². The number of rotatable bonds is 4. The first-order valence-corrected chi connectivity index (χ1v) is 7.75. The molecule has 22 heavy (non-hydrogen) atoms. The molecular weight excluding hydrogens is 317 g/mol. The van der Waals surface area contributed by atoms with E-state index in [4.69, 9.17) is 0 Å². The number of thioether (sulfide) groups is 1. The number of halogens is 3. The van der Waals surface area contributed by atoms with E-state index in [1.807, 2.05) is 0 Å². The lowest BCUT2D eigenvalue weighted by Gasteiger charge is -2.19. The monoisotopic (exact) mass is 332 g/mol. The van der Waals surface area contributed by atoms with Gasteiger partial charge in [0.2, 0.25) is 11.8 Å². The minimum absolute atomic E-state index is 0.0743. The van der Waals surface area contributed by atoms with Gasteiger partial charge in [-0.15, -0.1) is 11.8 Å². The van der Waals surface area contributed by atoms with Crippen LogP contribution >= 0.6 is 11.8 Å². The molecule has 4 nitrogen and oxygen atoms in total. The highest BCUT2D eigenvalue weighted by Crippen LogP contribution is 2.30. The second-order valence-electron chi connectivity index (χ2n) is 4.98. The number of hydrogen-bond donors (Lipinski definition) is 1. The van der Waals surface area contributed by atoms with Crippen molar-refractivity contribution >= 4 is 23.6 Å². The van der Waals surface area contributed by atoms with Crippen LogP contribution in [0.3, 0.4) is 0 Å². The molecular formula is C14H15F3N2O2S. The van der Waals surface area contributed by atoms with Crippen molar-refractivity contribution in [2.75, 3.05) is 18.2 Å². The largest absolute Gasteiger partial charge is 0.416 e. The zero-order valence-corrected chi connectivity index (χ0v) is 12.6. The maximum absolute atomic E-state index is 12.7. The number of benzene rings is 1. The first-order chi connectivity index (χ1) is 10.3. The Balaban J connectivity index is 1.98. The number of alkyl halides is 3. The number of nitrogens with zero attached hydrogens (tertiary/aromatic N) is 1. The highest BCUT2D eigenvalue weighted by atomic mass is 32.2. The average Bonchev–Trinajstić information content (AvgIpc) is 2.83. The minimum atomic E-state index is -4.42. The molecule has 1 atom stereocenters. The van der Waals surface area contributed by atoms with Crippen LogP contribution in [0.5, 0.6) is 0 Å². The molecule has 1 aliphatic heterocycles. The van der Waals surface area contributed by atoms with Gasteiger partial charge in [0.15, 0.2) is 0 Å². The van der Waals surface area contributed by atoms with Crippen molar-refractivity contribution in [1.29, 1.82) is 0 Å². The van der Waals surface area contributed by atoms with E-state index in [2.05, 4.69) is 5.32 Å². The molecule has 1 fully saturated rings. The molecule has 0 saturated carbocycles. The maximum Gasteiger partial charge on any atom is 0.416 e. The van der Waals surface area contributed by atoms with Gasteiger partial charge in [-0.25, -0.2) is 0 Å².